The van der Waals surface area contributed by atoms with E-state index in [1.807, 2.05) is 37.3 Å². The third-order valence-electron chi connectivity index (χ3n) is 1.97. The van der Waals surface area contributed by atoms with Gasteiger partial charge >= 0.3 is 0 Å². The van der Waals surface area contributed by atoms with E-state index >= 15 is 0 Å². The van der Waals surface area contributed by atoms with E-state index in [2.05, 4.69) is 0 Å². The van der Waals surface area contributed by atoms with E-state index in [1.165, 1.54) is 0 Å². The minimum Gasteiger partial charge on any atom is -0.394 e. The lowest BCUT2D eigenvalue weighted by molar-refractivity contribution is -0.0218. The van der Waals surface area contributed by atoms with Crippen LogP contribution in [0.1, 0.15) is 12.5 Å². The Kier molecular flexibility index (Phi) is 6.00. The summed E-state index contributed by atoms with van der Waals surface area (Å²) in [6.45, 7) is 3.52. The Bertz CT molecular complexity index is 248. The molecule has 15 heavy (non-hydrogen) atoms. The summed E-state index contributed by atoms with van der Waals surface area (Å²) in [5.74, 6) is 0. The molecule has 0 amide bonds. The third-order valence-corrected chi connectivity index (χ3v) is 1.97. The van der Waals surface area contributed by atoms with Crippen LogP contribution in [0.3, 0.4) is 0 Å². The first-order valence-corrected chi connectivity index (χ1v) is 5.17. The standard InChI is InChI=1S/C12H18O3/c1-11(9-14-8-7-13)15-10-12-5-3-2-4-6-12/h2-6,11,13H,7-10H2,1H3/t11-/m1/s1. The first kappa shape index (κ1) is 12.2. The summed E-state index contributed by atoms with van der Waals surface area (Å²) in [7, 11) is 0. The maximum atomic E-state index is 8.52. The first-order chi connectivity index (χ1) is 7.33. The highest BCUT2D eigenvalue weighted by Gasteiger charge is 2.02. The molecule has 1 N–H and O–H groups in total. The number of aliphatic hydroxyl groups excluding tert-OH is 1. The van der Waals surface area contributed by atoms with Gasteiger partial charge in [0.25, 0.3) is 0 Å². The third kappa shape index (κ3) is 5.52. The maximum absolute atomic E-state index is 8.52. The molecule has 3 nitrogen and oxygen atoms in total. The molecule has 0 spiro atoms. The molecule has 0 heterocycles. The SMILES string of the molecule is C[C@H](COCCO)OCc1ccccc1. The van der Waals surface area contributed by atoms with Crippen LogP contribution >= 0.6 is 0 Å². The Morgan fingerprint density at radius 1 is 1.27 bits per heavy atom. The number of rotatable bonds is 7. The van der Waals surface area contributed by atoms with E-state index in [9.17, 15) is 0 Å². The van der Waals surface area contributed by atoms with Crippen molar-refractivity contribution in [3.63, 3.8) is 0 Å². The summed E-state index contributed by atoms with van der Waals surface area (Å²) < 4.78 is 10.7. The number of ether oxygens (including phenoxy) is 2. The van der Waals surface area contributed by atoms with Gasteiger partial charge in [-0.25, -0.2) is 0 Å². The zero-order valence-electron chi connectivity index (χ0n) is 9.06. The molecule has 0 saturated heterocycles. The van der Waals surface area contributed by atoms with Gasteiger partial charge in [-0.05, 0) is 12.5 Å². The van der Waals surface area contributed by atoms with Crippen LogP contribution in [0, 0.1) is 0 Å². The summed E-state index contributed by atoms with van der Waals surface area (Å²) in [5.41, 5.74) is 1.16. The monoisotopic (exact) mass is 210 g/mol. The lowest BCUT2D eigenvalue weighted by Gasteiger charge is -2.12. The van der Waals surface area contributed by atoms with Gasteiger partial charge < -0.3 is 14.6 Å². The first-order valence-electron chi connectivity index (χ1n) is 5.17. The second-order valence-corrected chi connectivity index (χ2v) is 3.41. The van der Waals surface area contributed by atoms with Crippen LogP contribution < -0.4 is 0 Å². The highest BCUT2D eigenvalue weighted by atomic mass is 16.5. The van der Waals surface area contributed by atoms with Crippen LogP contribution in [0.5, 0.6) is 0 Å². The number of hydrogen-bond acceptors (Lipinski definition) is 3. The Labute approximate surface area is 90.6 Å². The molecule has 0 aliphatic heterocycles. The van der Waals surface area contributed by atoms with E-state index < -0.39 is 0 Å². The minimum absolute atomic E-state index is 0.0526. The molecule has 1 atom stereocenters. The second-order valence-electron chi connectivity index (χ2n) is 3.41. The second kappa shape index (κ2) is 7.40. The van der Waals surface area contributed by atoms with Crippen molar-refractivity contribution in [3.8, 4) is 0 Å². The summed E-state index contributed by atoms with van der Waals surface area (Å²) in [4.78, 5) is 0. The molecule has 84 valence electrons. The zero-order chi connectivity index (χ0) is 10.9. The summed E-state index contributed by atoms with van der Waals surface area (Å²) in [6, 6.07) is 10.0. The quantitative estimate of drug-likeness (QED) is 0.695. The highest BCUT2D eigenvalue weighted by molar-refractivity contribution is 5.13. The summed E-state index contributed by atoms with van der Waals surface area (Å²) in [6.07, 6.45) is 0.0526. The maximum Gasteiger partial charge on any atom is 0.0785 e. The molecule has 1 aromatic carbocycles. The largest absolute Gasteiger partial charge is 0.394 e. The van der Waals surface area contributed by atoms with Gasteiger partial charge in [-0.3, -0.25) is 0 Å². The molecule has 0 saturated carbocycles. The van der Waals surface area contributed by atoms with Crippen LogP contribution in [0.2, 0.25) is 0 Å². The van der Waals surface area contributed by atoms with Crippen LogP contribution in [-0.4, -0.2) is 31.0 Å². The van der Waals surface area contributed by atoms with Crippen molar-refractivity contribution in [1.29, 1.82) is 0 Å². The molecule has 0 bridgehead atoms. The van der Waals surface area contributed by atoms with E-state index in [0.717, 1.165) is 5.56 Å². The Hall–Kier alpha value is -0.900. The highest BCUT2D eigenvalue weighted by Crippen LogP contribution is 2.03. The predicted molar refractivity (Wildman–Crippen MR) is 58.6 cm³/mol. The zero-order valence-corrected chi connectivity index (χ0v) is 9.06. The minimum atomic E-state index is 0.0526. The fourth-order valence-electron chi connectivity index (χ4n) is 1.17. The molecular formula is C12H18O3. The average Bonchev–Trinajstić information content (AvgIpc) is 2.28. The van der Waals surface area contributed by atoms with Gasteiger partial charge in [-0.15, -0.1) is 0 Å². The van der Waals surface area contributed by atoms with Crippen LogP contribution in [0.15, 0.2) is 30.3 Å². The van der Waals surface area contributed by atoms with Crippen molar-refractivity contribution in [2.75, 3.05) is 19.8 Å². The fourth-order valence-corrected chi connectivity index (χ4v) is 1.17. The van der Waals surface area contributed by atoms with Crippen molar-refractivity contribution >= 4 is 0 Å². The molecule has 1 aromatic rings. The molecule has 0 fully saturated rings. The smallest absolute Gasteiger partial charge is 0.0785 e. The average molecular weight is 210 g/mol. The van der Waals surface area contributed by atoms with Gasteiger partial charge in [-0.2, -0.15) is 0 Å². The normalized spacial score (nSPS) is 12.7. The van der Waals surface area contributed by atoms with Crippen molar-refractivity contribution in [3.05, 3.63) is 35.9 Å². The van der Waals surface area contributed by atoms with Gasteiger partial charge in [0.15, 0.2) is 0 Å². The van der Waals surface area contributed by atoms with E-state index in [1.54, 1.807) is 0 Å². The Morgan fingerprint density at radius 2 is 2.00 bits per heavy atom. The molecular weight excluding hydrogens is 192 g/mol. The fraction of sp³-hybridized carbons (Fsp3) is 0.500. The van der Waals surface area contributed by atoms with E-state index in [0.29, 0.717) is 19.8 Å². The molecule has 0 aliphatic carbocycles. The Morgan fingerprint density at radius 3 is 2.67 bits per heavy atom. The Balaban J connectivity index is 2.14. The van der Waals surface area contributed by atoms with Crippen molar-refractivity contribution in [1.82, 2.24) is 0 Å². The number of hydrogen-bond donors (Lipinski definition) is 1. The number of benzene rings is 1. The van der Waals surface area contributed by atoms with Gasteiger partial charge in [0.1, 0.15) is 0 Å². The molecule has 3 heteroatoms. The van der Waals surface area contributed by atoms with E-state index in [4.69, 9.17) is 14.6 Å². The molecule has 0 radical (unpaired) electrons. The molecule has 1 rings (SSSR count). The van der Waals surface area contributed by atoms with Gasteiger partial charge in [0, 0.05) is 0 Å². The van der Waals surface area contributed by atoms with Crippen LogP contribution in [0.4, 0.5) is 0 Å². The van der Waals surface area contributed by atoms with Crippen molar-refractivity contribution < 1.29 is 14.6 Å². The summed E-state index contributed by atoms with van der Waals surface area (Å²) in [5, 5.41) is 8.52. The van der Waals surface area contributed by atoms with Crippen molar-refractivity contribution in [2.24, 2.45) is 0 Å². The predicted octanol–water partition coefficient (Wildman–Crippen LogP) is 1.60. The summed E-state index contributed by atoms with van der Waals surface area (Å²) >= 11 is 0. The van der Waals surface area contributed by atoms with Crippen LogP contribution in [-0.2, 0) is 16.1 Å². The van der Waals surface area contributed by atoms with Crippen LogP contribution in [0.25, 0.3) is 0 Å². The van der Waals surface area contributed by atoms with E-state index in [-0.39, 0.29) is 12.7 Å². The molecule has 0 aromatic heterocycles. The van der Waals surface area contributed by atoms with Gasteiger partial charge in [-0.1, -0.05) is 30.3 Å². The molecule has 0 unspecified atom stereocenters. The van der Waals surface area contributed by atoms with Crippen molar-refractivity contribution in [2.45, 2.75) is 19.6 Å². The molecule has 0 aliphatic rings. The lowest BCUT2D eigenvalue weighted by Crippen LogP contribution is -2.17. The lowest BCUT2D eigenvalue weighted by atomic mass is 10.2. The topological polar surface area (TPSA) is 38.7 Å². The number of aliphatic hydroxyl groups is 1. The van der Waals surface area contributed by atoms with Gasteiger partial charge in [0.2, 0.25) is 0 Å². The van der Waals surface area contributed by atoms with Gasteiger partial charge in [0.05, 0.1) is 32.5 Å².